The first-order chi connectivity index (χ1) is 9.66. The number of nitrogen functional groups attached to an aromatic ring is 1. The molecular formula is C14H15Cl2N3O. The van der Waals surface area contributed by atoms with E-state index in [0.29, 0.717) is 21.8 Å². The smallest absolute Gasteiger partial charge is 0.153 e. The van der Waals surface area contributed by atoms with Crippen molar-refractivity contribution in [3.05, 3.63) is 33.9 Å². The van der Waals surface area contributed by atoms with Crippen LogP contribution in [0.15, 0.2) is 18.2 Å². The van der Waals surface area contributed by atoms with Gasteiger partial charge in [0, 0.05) is 30.4 Å². The Morgan fingerprint density at radius 2 is 1.95 bits per heavy atom. The van der Waals surface area contributed by atoms with Crippen LogP contribution in [-0.4, -0.2) is 23.4 Å². The van der Waals surface area contributed by atoms with Crippen LogP contribution in [0.4, 0.5) is 5.82 Å². The molecule has 4 nitrogen and oxygen atoms in total. The van der Waals surface area contributed by atoms with E-state index < -0.39 is 0 Å². The summed E-state index contributed by atoms with van der Waals surface area (Å²) in [4.78, 5) is 0. The predicted octanol–water partition coefficient (Wildman–Crippen LogP) is 3.86. The van der Waals surface area contributed by atoms with Crippen LogP contribution in [0.1, 0.15) is 24.5 Å². The monoisotopic (exact) mass is 311 g/mol. The molecule has 20 heavy (non-hydrogen) atoms. The molecule has 1 aliphatic rings. The third-order valence-corrected chi connectivity index (χ3v) is 4.40. The number of benzene rings is 1. The van der Waals surface area contributed by atoms with Crippen LogP contribution in [0.2, 0.25) is 10.0 Å². The first-order valence-corrected chi connectivity index (χ1v) is 7.29. The minimum absolute atomic E-state index is 0.387. The Labute approximate surface area is 127 Å². The maximum absolute atomic E-state index is 6.10. The number of halogens is 2. The molecule has 3 rings (SSSR count). The molecule has 1 saturated heterocycles. The lowest BCUT2D eigenvalue weighted by molar-refractivity contribution is 0.0846. The zero-order chi connectivity index (χ0) is 14.1. The molecule has 0 saturated carbocycles. The SMILES string of the molecule is Nc1n[nH]c(C2CCOCC2)c1-c1ccc(Cl)c(Cl)c1. The minimum atomic E-state index is 0.387. The van der Waals surface area contributed by atoms with Crippen LogP contribution in [0.5, 0.6) is 0 Å². The van der Waals surface area contributed by atoms with Crippen LogP contribution in [0.25, 0.3) is 11.1 Å². The standard InChI is InChI=1S/C14H15Cl2N3O/c15-10-2-1-9(7-11(10)16)12-13(18-19-14(12)17)8-3-5-20-6-4-8/h1-2,7-8H,3-6H2,(H3,17,18,19). The predicted molar refractivity (Wildman–Crippen MR) is 81.3 cm³/mol. The van der Waals surface area contributed by atoms with Crippen molar-refractivity contribution in [1.29, 1.82) is 0 Å². The Morgan fingerprint density at radius 3 is 2.65 bits per heavy atom. The molecule has 3 N–H and O–H groups in total. The van der Waals surface area contributed by atoms with Crippen molar-refractivity contribution in [1.82, 2.24) is 10.2 Å². The molecule has 0 radical (unpaired) electrons. The van der Waals surface area contributed by atoms with E-state index in [1.54, 1.807) is 6.07 Å². The van der Waals surface area contributed by atoms with Crippen molar-refractivity contribution in [2.45, 2.75) is 18.8 Å². The molecule has 0 unspecified atom stereocenters. The summed E-state index contributed by atoms with van der Waals surface area (Å²) in [6, 6.07) is 5.52. The van der Waals surface area contributed by atoms with Gasteiger partial charge in [-0.15, -0.1) is 0 Å². The Kier molecular flexibility index (Phi) is 3.87. The number of H-pyrrole nitrogens is 1. The lowest BCUT2D eigenvalue weighted by Crippen LogP contribution is -2.15. The van der Waals surface area contributed by atoms with Crippen LogP contribution < -0.4 is 5.73 Å². The Balaban J connectivity index is 2.03. The second kappa shape index (κ2) is 5.64. The largest absolute Gasteiger partial charge is 0.382 e. The molecule has 0 spiro atoms. The number of anilines is 1. The number of nitrogens with two attached hydrogens (primary N) is 1. The van der Waals surface area contributed by atoms with E-state index >= 15 is 0 Å². The van der Waals surface area contributed by atoms with Gasteiger partial charge >= 0.3 is 0 Å². The van der Waals surface area contributed by atoms with Gasteiger partial charge in [-0.1, -0.05) is 29.3 Å². The normalized spacial score (nSPS) is 16.5. The van der Waals surface area contributed by atoms with E-state index in [0.717, 1.165) is 42.9 Å². The molecule has 0 aliphatic carbocycles. The second-order valence-electron chi connectivity index (χ2n) is 4.91. The van der Waals surface area contributed by atoms with Crippen LogP contribution in [0.3, 0.4) is 0 Å². The highest BCUT2D eigenvalue weighted by Crippen LogP contribution is 2.38. The molecule has 2 aromatic rings. The number of hydrogen-bond acceptors (Lipinski definition) is 3. The fourth-order valence-electron chi connectivity index (χ4n) is 2.61. The summed E-state index contributed by atoms with van der Waals surface area (Å²) < 4.78 is 5.40. The summed E-state index contributed by atoms with van der Waals surface area (Å²) in [6.07, 6.45) is 1.94. The quantitative estimate of drug-likeness (QED) is 0.885. The number of aromatic amines is 1. The summed E-state index contributed by atoms with van der Waals surface area (Å²) in [6.45, 7) is 1.54. The van der Waals surface area contributed by atoms with E-state index in [1.165, 1.54) is 0 Å². The average molecular weight is 312 g/mol. The van der Waals surface area contributed by atoms with Gasteiger partial charge in [-0.2, -0.15) is 5.10 Å². The fraction of sp³-hybridized carbons (Fsp3) is 0.357. The average Bonchev–Trinajstić information content (AvgIpc) is 2.85. The molecular weight excluding hydrogens is 297 g/mol. The summed E-state index contributed by atoms with van der Waals surface area (Å²) in [5.41, 5.74) is 8.94. The summed E-state index contributed by atoms with van der Waals surface area (Å²) in [5.74, 6) is 0.878. The highest BCUT2D eigenvalue weighted by atomic mass is 35.5. The minimum Gasteiger partial charge on any atom is -0.382 e. The van der Waals surface area contributed by atoms with Gasteiger partial charge in [0.25, 0.3) is 0 Å². The lowest BCUT2D eigenvalue weighted by Gasteiger charge is -2.22. The van der Waals surface area contributed by atoms with Crippen molar-refractivity contribution in [2.24, 2.45) is 0 Å². The van der Waals surface area contributed by atoms with Crippen molar-refractivity contribution in [3.8, 4) is 11.1 Å². The highest BCUT2D eigenvalue weighted by Gasteiger charge is 2.23. The summed E-state index contributed by atoms with van der Waals surface area (Å²) >= 11 is 12.1. The number of ether oxygens (including phenoxy) is 1. The molecule has 1 aromatic heterocycles. The Bertz CT molecular complexity index is 621. The van der Waals surface area contributed by atoms with Crippen molar-refractivity contribution in [3.63, 3.8) is 0 Å². The number of aromatic nitrogens is 2. The molecule has 6 heteroatoms. The van der Waals surface area contributed by atoms with Crippen molar-refractivity contribution >= 4 is 29.0 Å². The zero-order valence-corrected chi connectivity index (χ0v) is 12.3. The molecule has 1 fully saturated rings. The first-order valence-electron chi connectivity index (χ1n) is 6.53. The zero-order valence-electron chi connectivity index (χ0n) is 10.8. The maximum atomic E-state index is 6.10. The van der Waals surface area contributed by atoms with Gasteiger partial charge in [0.1, 0.15) is 0 Å². The third kappa shape index (κ3) is 2.51. The van der Waals surface area contributed by atoms with Gasteiger partial charge in [0.2, 0.25) is 0 Å². The third-order valence-electron chi connectivity index (χ3n) is 3.66. The summed E-state index contributed by atoms with van der Waals surface area (Å²) in [5, 5.41) is 8.27. The highest BCUT2D eigenvalue weighted by molar-refractivity contribution is 6.42. The Hall–Kier alpha value is -1.23. The molecule has 0 amide bonds. The van der Waals surface area contributed by atoms with E-state index in [9.17, 15) is 0 Å². The van der Waals surface area contributed by atoms with Gasteiger partial charge in [-0.25, -0.2) is 0 Å². The Morgan fingerprint density at radius 1 is 1.20 bits per heavy atom. The van der Waals surface area contributed by atoms with Crippen molar-refractivity contribution in [2.75, 3.05) is 18.9 Å². The molecule has 0 atom stereocenters. The van der Waals surface area contributed by atoms with Gasteiger partial charge in [-0.3, -0.25) is 5.10 Å². The van der Waals surface area contributed by atoms with Gasteiger partial charge in [0.15, 0.2) is 5.82 Å². The summed E-state index contributed by atoms with van der Waals surface area (Å²) in [7, 11) is 0. The molecule has 1 aromatic carbocycles. The van der Waals surface area contributed by atoms with E-state index in [1.807, 2.05) is 12.1 Å². The number of hydrogen-bond donors (Lipinski definition) is 2. The van der Waals surface area contributed by atoms with Gasteiger partial charge in [-0.05, 0) is 30.5 Å². The maximum Gasteiger partial charge on any atom is 0.153 e. The van der Waals surface area contributed by atoms with Gasteiger partial charge < -0.3 is 10.5 Å². The van der Waals surface area contributed by atoms with E-state index in [-0.39, 0.29) is 0 Å². The number of nitrogens with zero attached hydrogens (tertiary/aromatic N) is 1. The molecule has 0 bridgehead atoms. The van der Waals surface area contributed by atoms with E-state index in [4.69, 9.17) is 33.7 Å². The number of nitrogens with one attached hydrogen (secondary N) is 1. The van der Waals surface area contributed by atoms with Crippen LogP contribution in [0, 0.1) is 0 Å². The van der Waals surface area contributed by atoms with Crippen LogP contribution in [-0.2, 0) is 4.74 Å². The second-order valence-corrected chi connectivity index (χ2v) is 5.73. The molecule has 106 valence electrons. The van der Waals surface area contributed by atoms with Crippen molar-refractivity contribution < 1.29 is 4.74 Å². The van der Waals surface area contributed by atoms with Gasteiger partial charge in [0.05, 0.1) is 10.0 Å². The first kappa shape index (κ1) is 13.7. The molecule has 1 aliphatic heterocycles. The van der Waals surface area contributed by atoms with E-state index in [2.05, 4.69) is 10.2 Å². The topological polar surface area (TPSA) is 63.9 Å². The van der Waals surface area contributed by atoms with Crippen LogP contribution >= 0.6 is 23.2 Å². The lowest BCUT2D eigenvalue weighted by atomic mass is 9.91. The number of rotatable bonds is 2. The fourth-order valence-corrected chi connectivity index (χ4v) is 2.91. The molecule has 2 heterocycles.